The van der Waals surface area contributed by atoms with Gasteiger partial charge in [-0.1, -0.05) is 13.0 Å². The minimum Gasteiger partial charge on any atom is -0.452 e. The Bertz CT molecular complexity index is 785. The van der Waals surface area contributed by atoms with E-state index in [2.05, 4.69) is 44.4 Å². The summed E-state index contributed by atoms with van der Waals surface area (Å²) in [6, 6.07) is 2.23. The van der Waals surface area contributed by atoms with Gasteiger partial charge < -0.3 is 15.4 Å². The summed E-state index contributed by atoms with van der Waals surface area (Å²) >= 11 is 1.40. The first-order chi connectivity index (χ1) is 12.1. The third kappa shape index (κ3) is 4.51. The van der Waals surface area contributed by atoms with Crippen LogP contribution in [0.4, 0.5) is 5.00 Å². The van der Waals surface area contributed by atoms with E-state index in [4.69, 9.17) is 4.74 Å². The lowest BCUT2D eigenvalue weighted by molar-refractivity contribution is -0.142. The van der Waals surface area contributed by atoms with Gasteiger partial charge in [-0.2, -0.15) is 5.26 Å². The molecule has 0 fully saturated rings. The first-order valence-electron chi connectivity index (χ1n) is 8.58. The number of allylic oxidation sites excluding steroid dienone is 1. The molecule has 140 valence electrons. The molecule has 6 nitrogen and oxygen atoms in total. The Labute approximate surface area is 158 Å². The summed E-state index contributed by atoms with van der Waals surface area (Å²) < 4.78 is 4.90. The van der Waals surface area contributed by atoms with Gasteiger partial charge in [0.15, 0.2) is 6.61 Å². The van der Waals surface area contributed by atoms with Crippen LogP contribution in [0.3, 0.4) is 0 Å². The third-order valence-corrected chi connectivity index (χ3v) is 5.52. The van der Waals surface area contributed by atoms with Gasteiger partial charge in [-0.05, 0) is 46.1 Å². The Hall–Kier alpha value is -2.17. The minimum absolute atomic E-state index is 0.147. The van der Waals surface area contributed by atoms with E-state index in [0.29, 0.717) is 23.4 Å². The molecule has 0 spiro atoms. The van der Waals surface area contributed by atoms with Crippen LogP contribution in [0, 0.1) is 11.3 Å². The van der Waals surface area contributed by atoms with Gasteiger partial charge in [0.25, 0.3) is 5.91 Å². The number of nitrogens with zero attached hydrogens (tertiary/aromatic N) is 1. The van der Waals surface area contributed by atoms with Crippen LogP contribution in [0.15, 0.2) is 12.2 Å². The standard InChI is InChI=1S/C19H25N3O3S/c1-6-7-8-15(24)25-11-14(23)21-17-13(10-20)12-9-18(2,3)22-19(4,5)16(12)26-17/h7-8,22H,6,9,11H2,1-5H3,(H,21,23)/b8-7+. The summed E-state index contributed by atoms with van der Waals surface area (Å²) in [4.78, 5) is 24.6. The number of nitrogens with one attached hydrogen (secondary N) is 2. The molecule has 0 bridgehead atoms. The van der Waals surface area contributed by atoms with E-state index in [0.717, 1.165) is 10.4 Å². The fraction of sp³-hybridized carbons (Fsp3) is 0.526. The molecule has 1 aliphatic rings. The summed E-state index contributed by atoms with van der Waals surface area (Å²) in [7, 11) is 0. The molecule has 1 aromatic rings. The number of thiophene rings is 1. The van der Waals surface area contributed by atoms with Crippen LogP contribution < -0.4 is 10.6 Å². The van der Waals surface area contributed by atoms with Crippen LogP contribution in [0.1, 0.15) is 57.0 Å². The number of nitriles is 1. The topological polar surface area (TPSA) is 91.2 Å². The van der Waals surface area contributed by atoms with Gasteiger partial charge in [0, 0.05) is 22.0 Å². The Morgan fingerprint density at radius 2 is 2.08 bits per heavy atom. The second kappa shape index (κ2) is 7.60. The van der Waals surface area contributed by atoms with E-state index in [9.17, 15) is 14.9 Å². The Kier molecular flexibility index (Phi) is 5.89. The highest BCUT2D eigenvalue weighted by atomic mass is 32.1. The van der Waals surface area contributed by atoms with E-state index >= 15 is 0 Å². The predicted octanol–water partition coefficient (Wildman–Crippen LogP) is 3.23. The quantitative estimate of drug-likeness (QED) is 0.609. The summed E-state index contributed by atoms with van der Waals surface area (Å²) in [6.45, 7) is 9.84. The maximum atomic E-state index is 12.1. The zero-order valence-corrected chi connectivity index (χ0v) is 16.7. The molecular weight excluding hydrogens is 350 g/mol. The lowest BCUT2D eigenvalue weighted by Crippen LogP contribution is -2.54. The van der Waals surface area contributed by atoms with Crippen molar-refractivity contribution in [1.29, 1.82) is 5.26 Å². The van der Waals surface area contributed by atoms with Crippen molar-refractivity contribution in [2.24, 2.45) is 0 Å². The Balaban J connectivity index is 2.18. The highest BCUT2D eigenvalue weighted by Gasteiger charge is 2.40. The van der Waals surface area contributed by atoms with Gasteiger partial charge in [-0.25, -0.2) is 4.79 Å². The number of fused-ring (bicyclic) bond motifs is 1. The van der Waals surface area contributed by atoms with E-state index in [1.807, 2.05) is 6.92 Å². The second-order valence-corrected chi connectivity index (χ2v) is 8.52. The van der Waals surface area contributed by atoms with Crippen molar-refractivity contribution in [3.8, 4) is 6.07 Å². The SMILES string of the molecule is CC/C=C/C(=O)OCC(=O)Nc1sc2c(c1C#N)CC(C)(C)NC2(C)C. The zero-order valence-electron chi connectivity index (χ0n) is 15.9. The number of carbonyl (C=O) groups is 2. The van der Waals surface area contributed by atoms with Crippen LogP contribution in [-0.4, -0.2) is 24.0 Å². The maximum Gasteiger partial charge on any atom is 0.330 e. The van der Waals surface area contributed by atoms with Crippen LogP contribution in [0.2, 0.25) is 0 Å². The van der Waals surface area contributed by atoms with Crippen molar-refractivity contribution in [3.63, 3.8) is 0 Å². The van der Waals surface area contributed by atoms with Crippen molar-refractivity contribution < 1.29 is 14.3 Å². The van der Waals surface area contributed by atoms with E-state index < -0.39 is 11.9 Å². The lowest BCUT2D eigenvalue weighted by atomic mass is 9.81. The van der Waals surface area contributed by atoms with E-state index in [1.165, 1.54) is 17.4 Å². The molecular formula is C19H25N3O3S. The van der Waals surface area contributed by atoms with Crippen molar-refractivity contribution in [1.82, 2.24) is 5.32 Å². The number of rotatable bonds is 5. The van der Waals surface area contributed by atoms with Crippen LogP contribution in [0.25, 0.3) is 0 Å². The molecule has 7 heteroatoms. The van der Waals surface area contributed by atoms with Gasteiger partial charge in [-0.3, -0.25) is 4.79 Å². The molecule has 1 amide bonds. The molecule has 2 N–H and O–H groups in total. The van der Waals surface area contributed by atoms with Gasteiger partial charge in [0.1, 0.15) is 11.1 Å². The summed E-state index contributed by atoms with van der Waals surface area (Å²) in [5.41, 5.74) is 1.03. The van der Waals surface area contributed by atoms with E-state index in [-0.39, 0.29) is 17.7 Å². The minimum atomic E-state index is -0.555. The lowest BCUT2D eigenvalue weighted by Gasteiger charge is -2.42. The molecule has 1 aliphatic heterocycles. The van der Waals surface area contributed by atoms with Crippen LogP contribution in [-0.2, 0) is 26.3 Å². The van der Waals surface area contributed by atoms with Gasteiger partial charge in [-0.15, -0.1) is 11.3 Å². The normalized spacial score (nSPS) is 17.4. The molecule has 0 unspecified atom stereocenters. The smallest absolute Gasteiger partial charge is 0.330 e. The molecule has 0 saturated heterocycles. The first-order valence-corrected chi connectivity index (χ1v) is 9.40. The molecule has 0 aromatic carbocycles. The average molecular weight is 375 g/mol. The van der Waals surface area contributed by atoms with E-state index in [1.54, 1.807) is 6.08 Å². The summed E-state index contributed by atoms with van der Waals surface area (Å²) in [6.07, 6.45) is 4.39. The molecule has 1 aromatic heterocycles. The number of hydrogen-bond acceptors (Lipinski definition) is 6. The third-order valence-electron chi connectivity index (χ3n) is 4.04. The van der Waals surface area contributed by atoms with Gasteiger partial charge in [0.05, 0.1) is 5.56 Å². The number of amides is 1. The van der Waals surface area contributed by atoms with Crippen LogP contribution >= 0.6 is 11.3 Å². The summed E-state index contributed by atoms with van der Waals surface area (Å²) in [5, 5.41) is 16.4. The first kappa shape index (κ1) is 20.1. The fourth-order valence-corrected chi connectivity index (χ4v) is 4.54. The fourth-order valence-electron chi connectivity index (χ4n) is 3.30. The number of ether oxygens (including phenoxy) is 1. The number of anilines is 1. The number of hydrogen-bond donors (Lipinski definition) is 2. The van der Waals surface area contributed by atoms with Crippen molar-refractivity contribution >= 4 is 28.2 Å². The molecule has 0 radical (unpaired) electrons. The molecule has 0 aliphatic carbocycles. The monoisotopic (exact) mass is 375 g/mol. The highest BCUT2D eigenvalue weighted by molar-refractivity contribution is 7.17. The molecule has 0 saturated carbocycles. The van der Waals surface area contributed by atoms with Gasteiger partial charge >= 0.3 is 5.97 Å². The van der Waals surface area contributed by atoms with Crippen molar-refractivity contribution in [3.05, 3.63) is 28.2 Å². The zero-order chi connectivity index (χ0) is 19.5. The predicted molar refractivity (Wildman–Crippen MR) is 102 cm³/mol. The molecule has 2 heterocycles. The summed E-state index contributed by atoms with van der Waals surface area (Å²) in [5.74, 6) is -1.01. The Morgan fingerprint density at radius 3 is 2.69 bits per heavy atom. The number of carbonyl (C=O) groups excluding carboxylic acids is 2. The average Bonchev–Trinajstić information content (AvgIpc) is 2.86. The molecule has 0 atom stereocenters. The number of esters is 1. The Morgan fingerprint density at radius 1 is 1.38 bits per heavy atom. The largest absolute Gasteiger partial charge is 0.452 e. The van der Waals surface area contributed by atoms with Crippen LogP contribution in [0.5, 0.6) is 0 Å². The second-order valence-electron chi connectivity index (χ2n) is 7.50. The van der Waals surface area contributed by atoms with Crippen molar-refractivity contribution in [2.45, 2.75) is 58.5 Å². The van der Waals surface area contributed by atoms with Crippen molar-refractivity contribution in [2.75, 3.05) is 11.9 Å². The maximum absolute atomic E-state index is 12.1. The molecule has 26 heavy (non-hydrogen) atoms. The van der Waals surface area contributed by atoms with Gasteiger partial charge in [0.2, 0.25) is 0 Å². The highest BCUT2D eigenvalue weighted by Crippen LogP contribution is 2.44. The molecule has 2 rings (SSSR count).